The van der Waals surface area contributed by atoms with Crippen LogP contribution in [-0.4, -0.2) is 23.8 Å². The molecule has 100 valence electrons. The van der Waals surface area contributed by atoms with Gasteiger partial charge in [-0.25, -0.2) is 0 Å². The number of benzene rings is 1. The van der Waals surface area contributed by atoms with E-state index in [9.17, 15) is 18.3 Å². The molecule has 0 radical (unpaired) electrons. The maximum absolute atomic E-state index is 12.7. The molecule has 0 bridgehead atoms. The molecule has 1 aliphatic rings. The Labute approximate surface area is 108 Å². The van der Waals surface area contributed by atoms with Crippen LogP contribution in [0.5, 0.6) is 0 Å². The predicted molar refractivity (Wildman–Crippen MR) is 62.6 cm³/mol. The van der Waals surface area contributed by atoms with Gasteiger partial charge in [0.1, 0.15) is 0 Å². The Morgan fingerprint density at radius 1 is 1.39 bits per heavy atom. The molecule has 1 saturated heterocycles. The standard InChI is InChI=1S/C12H13ClF3NO/c13-10-2-1-8(5-9(10)12(14,15)16)6-11(18)3-4-17-7-11/h1-2,5,17-18H,3-4,6-7H2. The third kappa shape index (κ3) is 2.96. The van der Waals surface area contributed by atoms with Crippen LogP contribution in [0.15, 0.2) is 18.2 Å². The first-order chi connectivity index (χ1) is 8.30. The summed E-state index contributed by atoms with van der Waals surface area (Å²) < 4.78 is 38.0. The van der Waals surface area contributed by atoms with Crippen molar-refractivity contribution in [3.8, 4) is 0 Å². The van der Waals surface area contributed by atoms with E-state index in [4.69, 9.17) is 11.6 Å². The summed E-state index contributed by atoms with van der Waals surface area (Å²) in [5.41, 5.74) is -1.37. The highest BCUT2D eigenvalue weighted by molar-refractivity contribution is 6.31. The smallest absolute Gasteiger partial charge is 0.388 e. The monoisotopic (exact) mass is 279 g/mol. The number of nitrogens with one attached hydrogen (secondary N) is 1. The summed E-state index contributed by atoms with van der Waals surface area (Å²) in [5, 5.41) is 12.8. The zero-order chi connectivity index (χ0) is 13.4. The predicted octanol–water partition coefficient (Wildman–Crippen LogP) is 2.63. The molecule has 1 atom stereocenters. The molecular formula is C12H13ClF3NO. The lowest BCUT2D eigenvalue weighted by atomic mass is 9.93. The molecule has 1 fully saturated rings. The van der Waals surface area contributed by atoms with Gasteiger partial charge in [0, 0.05) is 13.0 Å². The van der Waals surface area contributed by atoms with Crippen molar-refractivity contribution in [2.75, 3.05) is 13.1 Å². The Hall–Kier alpha value is -0.780. The fraction of sp³-hybridized carbons (Fsp3) is 0.500. The van der Waals surface area contributed by atoms with Crippen LogP contribution in [0.1, 0.15) is 17.5 Å². The van der Waals surface area contributed by atoms with Crippen molar-refractivity contribution in [2.45, 2.75) is 24.6 Å². The third-order valence-corrected chi connectivity index (χ3v) is 3.42. The Bertz CT molecular complexity index is 441. The highest BCUT2D eigenvalue weighted by Gasteiger charge is 2.35. The van der Waals surface area contributed by atoms with E-state index in [1.54, 1.807) is 0 Å². The van der Waals surface area contributed by atoms with Crippen LogP contribution in [0.2, 0.25) is 5.02 Å². The fourth-order valence-corrected chi connectivity index (χ4v) is 2.39. The Morgan fingerprint density at radius 2 is 2.11 bits per heavy atom. The molecule has 0 spiro atoms. The summed E-state index contributed by atoms with van der Waals surface area (Å²) in [7, 11) is 0. The second-order valence-electron chi connectivity index (χ2n) is 4.64. The molecule has 1 aromatic rings. The van der Waals surface area contributed by atoms with Gasteiger partial charge in [-0.2, -0.15) is 13.2 Å². The highest BCUT2D eigenvalue weighted by Crippen LogP contribution is 2.35. The largest absolute Gasteiger partial charge is 0.417 e. The van der Waals surface area contributed by atoms with Crippen molar-refractivity contribution in [3.63, 3.8) is 0 Å². The van der Waals surface area contributed by atoms with Crippen LogP contribution in [0.25, 0.3) is 0 Å². The minimum atomic E-state index is -4.47. The van der Waals surface area contributed by atoms with Gasteiger partial charge in [-0.1, -0.05) is 17.7 Å². The lowest BCUT2D eigenvalue weighted by molar-refractivity contribution is -0.137. The van der Waals surface area contributed by atoms with Crippen LogP contribution in [0.4, 0.5) is 13.2 Å². The van der Waals surface area contributed by atoms with Gasteiger partial charge in [0.15, 0.2) is 0 Å². The second kappa shape index (κ2) is 4.72. The summed E-state index contributed by atoms with van der Waals surface area (Å²) >= 11 is 5.54. The zero-order valence-electron chi connectivity index (χ0n) is 9.52. The zero-order valence-corrected chi connectivity index (χ0v) is 10.3. The van der Waals surface area contributed by atoms with Crippen molar-refractivity contribution in [1.29, 1.82) is 0 Å². The van der Waals surface area contributed by atoms with Gasteiger partial charge in [0.25, 0.3) is 0 Å². The molecule has 2 rings (SSSR count). The van der Waals surface area contributed by atoms with Crippen molar-refractivity contribution in [3.05, 3.63) is 34.3 Å². The van der Waals surface area contributed by atoms with Crippen LogP contribution >= 0.6 is 11.6 Å². The van der Waals surface area contributed by atoms with Crippen molar-refractivity contribution in [1.82, 2.24) is 5.32 Å². The Balaban J connectivity index is 2.25. The number of rotatable bonds is 2. The topological polar surface area (TPSA) is 32.3 Å². The molecular weight excluding hydrogens is 267 g/mol. The molecule has 1 aliphatic heterocycles. The minimum absolute atomic E-state index is 0.195. The normalized spacial score (nSPS) is 24.5. The first kappa shape index (κ1) is 13.6. The molecule has 0 amide bonds. The quantitative estimate of drug-likeness (QED) is 0.872. The minimum Gasteiger partial charge on any atom is -0.388 e. The van der Waals surface area contributed by atoms with Crippen molar-refractivity contribution < 1.29 is 18.3 Å². The molecule has 1 heterocycles. The van der Waals surface area contributed by atoms with Gasteiger partial charge in [0.05, 0.1) is 16.2 Å². The second-order valence-corrected chi connectivity index (χ2v) is 5.05. The summed E-state index contributed by atoms with van der Waals surface area (Å²) in [6, 6.07) is 3.76. The van der Waals surface area contributed by atoms with Gasteiger partial charge < -0.3 is 10.4 Å². The van der Waals surface area contributed by atoms with Gasteiger partial charge >= 0.3 is 6.18 Å². The lowest BCUT2D eigenvalue weighted by Crippen LogP contribution is -2.33. The van der Waals surface area contributed by atoms with Crippen LogP contribution in [0.3, 0.4) is 0 Å². The molecule has 18 heavy (non-hydrogen) atoms. The number of alkyl halides is 3. The number of β-amino-alcohol motifs (C(OH)–C–C–N with tert-alkyl or cyclic N) is 1. The molecule has 2 N–H and O–H groups in total. The molecule has 2 nitrogen and oxygen atoms in total. The molecule has 6 heteroatoms. The van der Waals surface area contributed by atoms with E-state index in [0.29, 0.717) is 25.1 Å². The molecule has 1 unspecified atom stereocenters. The number of hydrogen-bond donors (Lipinski definition) is 2. The van der Waals surface area contributed by atoms with Gasteiger partial charge in [-0.05, 0) is 30.7 Å². The summed E-state index contributed by atoms with van der Waals surface area (Å²) in [5.74, 6) is 0. The van der Waals surface area contributed by atoms with Crippen molar-refractivity contribution >= 4 is 11.6 Å². The van der Waals surface area contributed by atoms with E-state index in [-0.39, 0.29) is 11.4 Å². The van der Waals surface area contributed by atoms with E-state index in [0.717, 1.165) is 6.07 Å². The van der Waals surface area contributed by atoms with E-state index in [2.05, 4.69) is 5.32 Å². The highest BCUT2D eigenvalue weighted by atomic mass is 35.5. The average Bonchev–Trinajstić information content (AvgIpc) is 2.66. The van der Waals surface area contributed by atoms with E-state index in [1.807, 2.05) is 0 Å². The SMILES string of the molecule is OC1(Cc2ccc(Cl)c(C(F)(F)F)c2)CCNC1. The van der Waals surface area contributed by atoms with Gasteiger partial charge in [-0.3, -0.25) is 0 Å². The third-order valence-electron chi connectivity index (χ3n) is 3.09. The molecule has 0 aliphatic carbocycles. The number of aliphatic hydroxyl groups is 1. The van der Waals surface area contributed by atoms with Gasteiger partial charge in [-0.15, -0.1) is 0 Å². The Kier molecular flexibility index (Phi) is 3.58. The first-order valence-electron chi connectivity index (χ1n) is 5.59. The molecule has 0 aromatic heterocycles. The molecule has 0 saturated carbocycles. The lowest BCUT2D eigenvalue weighted by Gasteiger charge is -2.22. The summed E-state index contributed by atoms with van der Waals surface area (Å²) in [6.07, 6.45) is -3.74. The average molecular weight is 280 g/mol. The Morgan fingerprint density at radius 3 is 2.67 bits per heavy atom. The van der Waals surface area contributed by atoms with Crippen LogP contribution in [0, 0.1) is 0 Å². The van der Waals surface area contributed by atoms with E-state index < -0.39 is 17.3 Å². The fourth-order valence-electron chi connectivity index (χ4n) is 2.16. The summed E-state index contributed by atoms with van der Waals surface area (Å²) in [6.45, 7) is 1.08. The number of hydrogen-bond acceptors (Lipinski definition) is 2. The van der Waals surface area contributed by atoms with E-state index in [1.165, 1.54) is 12.1 Å². The maximum atomic E-state index is 12.7. The van der Waals surface area contributed by atoms with Crippen LogP contribution < -0.4 is 5.32 Å². The molecule has 1 aromatic carbocycles. The van der Waals surface area contributed by atoms with Crippen molar-refractivity contribution in [2.24, 2.45) is 0 Å². The number of halogens is 4. The van der Waals surface area contributed by atoms with Crippen LogP contribution in [-0.2, 0) is 12.6 Å². The van der Waals surface area contributed by atoms with Gasteiger partial charge in [0.2, 0.25) is 0 Å². The maximum Gasteiger partial charge on any atom is 0.417 e. The van der Waals surface area contributed by atoms with E-state index >= 15 is 0 Å². The first-order valence-corrected chi connectivity index (χ1v) is 5.97. The summed E-state index contributed by atoms with van der Waals surface area (Å²) in [4.78, 5) is 0.